The summed E-state index contributed by atoms with van der Waals surface area (Å²) in [6.07, 6.45) is 0. The molecule has 0 spiro atoms. The number of fused-ring (bicyclic) bond motifs is 1. The van der Waals surface area contributed by atoms with Gasteiger partial charge in [0.05, 0.1) is 10.9 Å². The Morgan fingerprint density at radius 2 is 2.17 bits per heavy atom. The molecule has 0 aliphatic carbocycles. The Hall–Kier alpha value is -1.55. The molecule has 0 saturated heterocycles. The van der Waals surface area contributed by atoms with Crippen molar-refractivity contribution in [3.63, 3.8) is 0 Å². The van der Waals surface area contributed by atoms with Crippen LogP contribution in [0, 0.1) is 6.92 Å². The Bertz CT molecular complexity index is 571. The molecule has 1 aliphatic rings. The summed E-state index contributed by atoms with van der Waals surface area (Å²) in [4.78, 5) is 15.2. The van der Waals surface area contributed by atoms with Crippen LogP contribution in [-0.2, 0) is 6.54 Å². The number of hydrogen-bond acceptors (Lipinski definition) is 2. The predicted octanol–water partition coefficient (Wildman–Crippen LogP) is 3.08. The third-order valence-electron chi connectivity index (χ3n) is 3.69. The minimum absolute atomic E-state index is 0.155. The highest BCUT2D eigenvalue weighted by atomic mass is 32.1. The molecular weight excluding hydrogens is 244 g/mol. The SMILES string of the molecule is Cc1ccc2n1CCN(C(=O)c1cccs1)C2C. The van der Waals surface area contributed by atoms with Gasteiger partial charge in [-0.1, -0.05) is 6.07 Å². The van der Waals surface area contributed by atoms with Gasteiger partial charge in [-0.15, -0.1) is 11.3 Å². The molecule has 1 amide bonds. The van der Waals surface area contributed by atoms with Gasteiger partial charge in [0.2, 0.25) is 0 Å². The van der Waals surface area contributed by atoms with Crippen molar-refractivity contribution in [2.75, 3.05) is 6.54 Å². The number of nitrogens with zero attached hydrogens (tertiary/aromatic N) is 2. The second kappa shape index (κ2) is 4.28. The van der Waals surface area contributed by atoms with E-state index in [4.69, 9.17) is 0 Å². The molecule has 94 valence electrons. The van der Waals surface area contributed by atoms with Crippen LogP contribution in [0.4, 0.5) is 0 Å². The van der Waals surface area contributed by atoms with Gasteiger partial charge >= 0.3 is 0 Å². The minimum Gasteiger partial charge on any atom is -0.345 e. The Balaban J connectivity index is 1.91. The van der Waals surface area contributed by atoms with Crippen LogP contribution in [0.15, 0.2) is 29.6 Å². The van der Waals surface area contributed by atoms with E-state index >= 15 is 0 Å². The van der Waals surface area contributed by atoms with Crippen LogP contribution in [0.1, 0.15) is 34.0 Å². The number of thiophene rings is 1. The first-order chi connectivity index (χ1) is 8.68. The van der Waals surface area contributed by atoms with Crippen molar-refractivity contribution in [2.24, 2.45) is 0 Å². The molecule has 0 aromatic carbocycles. The van der Waals surface area contributed by atoms with Gasteiger partial charge in [0.25, 0.3) is 5.91 Å². The van der Waals surface area contributed by atoms with E-state index in [1.54, 1.807) is 0 Å². The third-order valence-corrected chi connectivity index (χ3v) is 4.54. The first-order valence-electron chi connectivity index (χ1n) is 6.19. The summed E-state index contributed by atoms with van der Waals surface area (Å²) in [5.74, 6) is 0.155. The lowest BCUT2D eigenvalue weighted by molar-refractivity contribution is 0.0648. The number of aryl methyl sites for hydroxylation is 1. The van der Waals surface area contributed by atoms with E-state index in [1.165, 1.54) is 22.7 Å². The molecule has 4 heteroatoms. The van der Waals surface area contributed by atoms with Gasteiger partial charge in [-0.3, -0.25) is 4.79 Å². The zero-order valence-electron chi connectivity index (χ0n) is 10.6. The Morgan fingerprint density at radius 1 is 1.33 bits per heavy atom. The van der Waals surface area contributed by atoms with Crippen molar-refractivity contribution in [2.45, 2.75) is 26.4 Å². The standard InChI is InChI=1S/C14H16N2OS/c1-10-5-6-12-11(2)16(8-7-15(10)12)14(17)13-4-3-9-18-13/h3-6,9,11H,7-8H2,1-2H3. The molecule has 0 saturated carbocycles. The second-order valence-electron chi connectivity index (χ2n) is 4.70. The average Bonchev–Trinajstić information content (AvgIpc) is 2.99. The van der Waals surface area contributed by atoms with Gasteiger partial charge < -0.3 is 9.47 Å². The van der Waals surface area contributed by atoms with Crippen LogP contribution in [0.5, 0.6) is 0 Å². The van der Waals surface area contributed by atoms with Crippen molar-refractivity contribution in [1.82, 2.24) is 9.47 Å². The van der Waals surface area contributed by atoms with E-state index in [0.717, 1.165) is 18.0 Å². The van der Waals surface area contributed by atoms with Gasteiger partial charge in [0, 0.05) is 24.5 Å². The van der Waals surface area contributed by atoms with E-state index in [-0.39, 0.29) is 11.9 Å². The highest BCUT2D eigenvalue weighted by Gasteiger charge is 2.29. The lowest BCUT2D eigenvalue weighted by Crippen LogP contribution is -2.40. The third kappa shape index (κ3) is 1.68. The average molecular weight is 260 g/mol. The van der Waals surface area contributed by atoms with Gasteiger partial charge in [-0.25, -0.2) is 0 Å². The molecule has 0 radical (unpaired) electrons. The monoisotopic (exact) mass is 260 g/mol. The first-order valence-corrected chi connectivity index (χ1v) is 7.07. The number of carbonyl (C=O) groups excluding carboxylic acids is 1. The number of hydrogen-bond donors (Lipinski definition) is 0. The molecule has 2 aromatic heterocycles. The molecule has 1 aliphatic heterocycles. The van der Waals surface area contributed by atoms with Gasteiger partial charge in [0.1, 0.15) is 0 Å². The maximum absolute atomic E-state index is 12.4. The van der Waals surface area contributed by atoms with E-state index in [2.05, 4.69) is 30.5 Å². The van der Waals surface area contributed by atoms with E-state index in [0.29, 0.717) is 0 Å². The van der Waals surface area contributed by atoms with Gasteiger partial charge in [-0.05, 0) is 37.4 Å². The van der Waals surface area contributed by atoms with Gasteiger partial charge in [-0.2, -0.15) is 0 Å². The fourth-order valence-corrected chi connectivity index (χ4v) is 3.32. The molecule has 3 nitrogen and oxygen atoms in total. The van der Waals surface area contributed by atoms with Crippen LogP contribution in [-0.4, -0.2) is 21.9 Å². The highest BCUT2D eigenvalue weighted by Crippen LogP contribution is 2.29. The van der Waals surface area contributed by atoms with Crippen LogP contribution in [0.25, 0.3) is 0 Å². The summed E-state index contributed by atoms with van der Waals surface area (Å²) in [7, 11) is 0. The van der Waals surface area contributed by atoms with Crippen LogP contribution in [0.2, 0.25) is 0 Å². The van der Waals surface area contributed by atoms with Crippen molar-refractivity contribution in [1.29, 1.82) is 0 Å². The summed E-state index contributed by atoms with van der Waals surface area (Å²) >= 11 is 1.52. The Morgan fingerprint density at radius 3 is 2.89 bits per heavy atom. The number of aromatic nitrogens is 1. The summed E-state index contributed by atoms with van der Waals surface area (Å²) in [5.41, 5.74) is 2.52. The smallest absolute Gasteiger partial charge is 0.264 e. The van der Waals surface area contributed by atoms with E-state index < -0.39 is 0 Å². The first kappa shape index (κ1) is 11.5. The minimum atomic E-state index is 0.155. The number of carbonyl (C=O) groups is 1. The maximum atomic E-state index is 12.4. The summed E-state index contributed by atoms with van der Waals surface area (Å²) in [6, 6.07) is 8.25. The normalized spacial score (nSPS) is 18.8. The zero-order chi connectivity index (χ0) is 12.7. The van der Waals surface area contributed by atoms with Crippen molar-refractivity contribution in [3.8, 4) is 0 Å². The highest BCUT2D eigenvalue weighted by molar-refractivity contribution is 7.12. The van der Waals surface area contributed by atoms with E-state index in [9.17, 15) is 4.79 Å². The van der Waals surface area contributed by atoms with E-state index in [1.807, 2.05) is 22.4 Å². The lowest BCUT2D eigenvalue weighted by atomic mass is 10.1. The predicted molar refractivity (Wildman–Crippen MR) is 72.9 cm³/mol. The summed E-state index contributed by atoms with van der Waals surface area (Å²) in [6.45, 7) is 5.92. The van der Waals surface area contributed by atoms with Crippen LogP contribution in [0.3, 0.4) is 0 Å². The van der Waals surface area contributed by atoms with Crippen molar-refractivity contribution < 1.29 is 4.79 Å². The van der Waals surface area contributed by atoms with Crippen molar-refractivity contribution >= 4 is 17.2 Å². The molecule has 0 fully saturated rings. The number of amides is 1. The van der Waals surface area contributed by atoms with Crippen LogP contribution < -0.4 is 0 Å². The Labute approximate surface area is 111 Å². The fourth-order valence-electron chi connectivity index (χ4n) is 2.64. The Kier molecular flexibility index (Phi) is 2.74. The maximum Gasteiger partial charge on any atom is 0.264 e. The molecule has 1 unspecified atom stereocenters. The van der Waals surface area contributed by atoms with Gasteiger partial charge in [0.15, 0.2) is 0 Å². The molecule has 3 rings (SSSR count). The number of rotatable bonds is 1. The molecule has 18 heavy (non-hydrogen) atoms. The molecule has 1 atom stereocenters. The quantitative estimate of drug-likeness (QED) is 0.773. The fraction of sp³-hybridized carbons (Fsp3) is 0.357. The molecule has 0 N–H and O–H groups in total. The topological polar surface area (TPSA) is 25.2 Å². The lowest BCUT2D eigenvalue weighted by Gasteiger charge is -2.35. The molecule has 3 heterocycles. The molecular formula is C14H16N2OS. The molecule has 2 aromatic rings. The molecule has 0 bridgehead atoms. The second-order valence-corrected chi connectivity index (χ2v) is 5.65. The van der Waals surface area contributed by atoms with Crippen LogP contribution >= 0.6 is 11.3 Å². The largest absolute Gasteiger partial charge is 0.345 e. The summed E-state index contributed by atoms with van der Waals surface area (Å²) in [5, 5.41) is 1.95. The van der Waals surface area contributed by atoms with Crippen molar-refractivity contribution in [3.05, 3.63) is 45.9 Å². The zero-order valence-corrected chi connectivity index (χ0v) is 11.4. The summed E-state index contributed by atoms with van der Waals surface area (Å²) < 4.78 is 2.31.